The highest BCUT2D eigenvalue weighted by molar-refractivity contribution is 5.67. The fourth-order valence-electron chi connectivity index (χ4n) is 3.90. The van der Waals surface area contributed by atoms with Gasteiger partial charge < -0.3 is 21.7 Å². The summed E-state index contributed by atoms with van der Waals surface area (Å²) in [6.07, 6.45) is 14.4. The zero-order valence-corrected chi connectivity index (χ0v) is 15.4. The van der Waals surface area contributed by atoms with Gasteiger partial charge in [-0.3, -0.25) is 9.59 Å². The molecule has 6 N–H and O–H groups in total. The highest BCUT2D eigenvalue weighted by atomic mass is 16.4. The maximum absolute atomic E-state index is 9.90. The Morgan fingerprint density at radius 1 is 0.800 bits per heavy atom. The first-order valence-corrected chi connectivity index (χ1v) is 9.80. The number of carboxylic acid groups (broad SMARTS) is 2. The van der Waals surface area contributed by atoms with Crippen LogP contribution in [0.5, 0.6) is 0 Å². The molecule has 2 aliphatic rings. The Kier molecular flexibility index (Phi) is 10.0. The SMILES string of the molecule is NC1(N)CCC(CC2CCCCC2)CC1.O=C(O)CCCCC(=O)O. The Hall–Kier alpha value is -1.14. The quantitative estimate of drug-likeness (QED) is 0.408. The maximum Gasteiger partial charge on any atom is 0.303 e. The van der Waals surface area contributed by atoms with Gasteiger partial charge in [0.2, 0.25) is 0 Å². The summed E-state index contributed by atoms with van der Waals surface area (Å²) in [5.74, 6) is 0.205. The Balaban J connectivity index is 0.000000275. The zero-order valence-electron chi connectivity index (χ0n) is 15.4. The molecule has 0 heterocycles. The van der Waals surface area contributed by atoms with Crippen LogP contribution in [-0.2, 0) is 9.59 Å². The van der Waals surface area contributed by atoms with Crippen molar-refractivity contribution in [3.63, 3.8) is 0 Å². The molecule has 0 aromatic heterocycles. The van der Waals surface area contributed by atoms with Gasteiger partial charge in [0, 0.05) is 12.8 Å². The molecule has 0 atom stereocenters. The molecule has 6 heteroatoms. The molecule has 0 radical (unpaired) electrons. The van der Waals surface area contributed by atoms with E-state index in [1.54, 1.807) is 0 Å². The van der Waals surface area contributed by atoms with E-state index in [2.05, 4.69) is 0 Å². The minimum absolute atomic E-state index is 0.0628. The molecular formula is C19H36N2O4. The molecular weight excluding hydrogens is 320 g/mol. The lowest BCUT2D eigenvalue weighted by molar-refractivity contribution is -0.139. The Labute approximate surface area is 151 Å². The summed E-state index contributed by atoms with van der Waals surface area (Å²) in [7, 11) is 0. The molecule has 0 aromatic rings. The van der Waals surface area contributed by atoms with Crippen molar-refractivity contribution in [2.45, 2.75) is 95.6 Å². The predicted octanol–water partition coefficient (Wildman–Crippen LogP) is 3.48. The fraction of sp³-hybridized carbons (Fsp3) is 0.895. The Morgan fingerprint density at radius 3 is 1.68 bits per heavy atom. The second-order valence-electron chi connectivity index (χ2n) is 7.91. The summed E-state index contributed by atoms with van der Waals surface area (Å²) in [6.45, 7) is 0. The second kappa shape index (κ2) is 11.5. The molecule has 2 saturated carbocycles. The van der Waals surface area contributed by atoms with Crippen LogP contribution >= 0.6 is 0 Å². The van der Waals surface area contributed by atoms with Crippen LogP contribution in [-0.4, -0.2) is 27.8 Å². The summed E-state index contributed by atoms with van der Waals surface area (Å²) in [6, 6.07) is 0. The number of carboxylic acids is 2. The largest absolute Gasteiger partial charge is 0.481 e. The number of aliphatic carboxylic acids is 2. The lowest BCUT2D eigenvalue weighted by atomic mass is 9.75. The van der Waals surface area contributed by atoms with Crippen molar-refractivity contribution in [1.82, 2.24) is 0 Å². The Bertz CT molecular complexity index is 380. The molecule has 0 bridgehead atoms. The molecule has 2 aliphatic carbocycles. The highest BCUT2D eigenvalue weighted by Gasteiger charge is 2.29. The van der Waals surface area contributed by atoms with Gasteiger partial charge in [0.25, 0.3) is 0 Å². The third-order valence-corrected chi connectivity index (χ3v) is 5.46. The summed E-state index contributed by atoms with van der Waals surface area (Å²) in [5, 5.41) is 16.3. The standard InChI is InChI=1S/C13H26N2.C6H10O4/c14-13(15)8-6-12(7-9-13)10-11-4-2-1-3-5-11;7-5(8)3-1-2-4-6(9)10/h11-12H,1-10,14-15H2;1-4H2,(H,7,8)(H,9,10). The molecule has 2 rings (SSSR count). The molecule has 0 unspecified atom stereocenters. The first-order valence-electron chi connectivity index (χ1n) is 9.80. The lowest BCUT2D eigenvalue weighted by Crippen LogP contribution is -2.51. The second-order valence-corrected chi connectivity index (χ2v) is 7.91. The van der Waals surface area contributed by atoms with E-state index < -0.39 is 11.9 Å². The number of carbonyl (C=O) groups is 2. The van der Waals surface area contributed by atoms with E-state index in [0.717, 1.165) is 24.7 Å². The lowest BCUT2D eigenvalue weighted by Gasteiger charge is -2.36. The van der Waals surface area contributed by atoms with Crippen molar-refractivity contribution in [3.8, 4) is 0 Å². The van der Waals surface area contributed by atoms with Gasteiger partial charge in [0.05, 0.1) is 5.66 Å². The minimum Gasteiger partial charge on any atom is -0.481 e. The molecule has 0 spiro atoms. The number of rotatable bonds is 7. The van der Waals surface area contributed by atoms with Crippen molar-refractivity contribution < 1.29 is 19.8 Å². The zero-order chi connectivity index (χ0) is 18.7. The topological polar surface area (TPSA) is 127 Å². The van der Waals surface area contributed by atoms with Crippen molar-refractivity contribution in [2.24, 2.45) is 23.3 Å². The van der Waals surface area contributed by atoms with Gasteiger partial charge in [0.15, 0.2) is 0 Å². The molecule has 6 nitrogen and oxygen atoms in total. The van der Waals surface area contributed by atoms with Gasteiger partial charge in [0.1, 0.15) is 0 Å². The number of unbranched alkanes of at least 4 members (excludes halogenated alkanes) is 1. The van der Waals surface area contributed by atoms with E-state index in [9.17, 15) is 9.59 Å². The van der Waals surface area contributed by atoms with E-state index in [0.29, 0.717) is 12.8 Å². The molecule has 0 amide bonds. The summed E-state index contributed by atoms with van der Waals surface area (Å²) in [5.41, 5.74) is 11.6. The Morgan fingerprint density at radius 2 is 1.24 bits per heavy atom. The van der Waals surface area contributed by atoms with E-state index >= 15 is 0 Å². The molecule has 0 saturated heterocycles. The van der Waals surface area contributed by atoms with E-state index in [4.69, 9.17) is 21.7 Å². The van der Waals surface area contributed by atoms with Crippen molar-refractivity contribution in [1.29, 1.82) is 0 Å². The smallest absolute Gasteiger partial charge is 0.303 e. The van der Waals surface area contributed by atoms with Crippen LogP contribution in [0.4, 0.5) is 0 Å². The summed E-state index contributed by atoms with van der Waals surface area (Å²) >= 11 is 0. The maximum atomic E-state index is 9.90. The highest BCUT2D eigenvalue weighted by Crippen LogP contribution is 2.36. The number of hydrogen-bond donors (Lipinski definition) is 4. The average molecular weight is 357 g/mol. The van der Waals surface area contributed by atoms with Gasteiger partial charge in [-0.05, 0) is 56.8 Å². The molecule has 2 fully saturated rings. The average Bonchev–Trinajstić information content (AvgIpc) is 2.55. The third-order valence-electron chi connectivity index (χ3n) is 5.46. The van der Waals surface area contributed by atoms with Crippen molar-refractivity contribution >= 4 is 11.9 Å². The summed E-state index contributed by atoms with van der Waals surface area (Å²) in [4.78, 5) is 19.8. The monoisotopic (exact) mass is 356 g/mol. The van der Waals surface area contributed by atoms with Crippen LogP contribution < -0.4 is 11.5 Å². The molecule has 0 aromatic carbocycles. The van der Waals surface area contributed by atoms with Crippen LogP contribution in [0.25, 0.3) is 0 Å². The summed E-state index contributed by atoms with van der Waals surface area (Å²) < 4.78 is 0. The van der Waals surface area contributed by atoms with Crippen molar-refractivity contribution in [2.75, 3.05) is 0 Å². The van der Waals surface area contributed by atoms with Crippen molar-refractivity contribution in [3.05, 3.63) is 0 Å². The van der Waals surface area contributed by atoms with Gasteiger partial charge in [-0.15, -0.1) is 0 Å². The molecule has 25 heavy (non-hydrogen) atoms. The normalized spacial score (nSPS) is 21.2. The van der Waals surface area contributed by atoms with Gasteiger partial charge >= 0.3 is 11.9 Å². The molecule has 146 valence electrons. The number of nitrogens with two attached hydrogens (primary N) is 2. The first-order chi connectivity index (χ1) is 11.8. The van der Waals surface area contributed by atoms with Crippen LogP contribution in [0.15, 0.2) is 0 Å². The first kappa shape index (κ1) is 21.9. The van der Waals surface area contributed by atoms with Gasteiger partial charge in [-0.25, -0.2) is 0 Å². The fourth-order valence-corrected chi connectivity index (χ4v) is 3.90. The molecule has 0 aliphatic heterocycles. The van der Waals surface area contributed by atoms with Gasteiger partial charge in [-0.1, -0.05) is 32.1 Å². The predicted molar refractivity (Wildman–Crippen MR) is 98.0 cm³/mol. The minimum atomic E-state index is -0.870. The van der Waals surface area contributed by atoms with Crippen LogP contribution in [0.3, 0.4) is 0 Å². The van der Waals surface area contributed by atoms with E-state index in [1.807, 2.05) is 0 Å². The van der Waals surface area contributed by atoms with Crippen LogP contribution in [0.1, 0.15) is 89.9 Å². The van der Waals surface area contributed by atoms with Gasteiger partial charge in [-0.2, -0.15) is 0 Å². The van der Waals surface area contributed by atoms with Crippen LogP contribution in [0.2, 0.25) is 0 Å². The van der Waals surface area contributed by atoms with E-state index in [-0.39, 0.29) is 18.5 Å². The number of hydrogen-bond acceptors (Lipinski definition) is 4. The van der Waals surface area contributed by atoms with E-state index in [1.165, 1.54) is 51.4 Å². The van der Waals surface area contributed by atoms with Crippen LogP contribution in [0, 0.1) is 11.8 Å². The third kappa shape index (κ3) is 11.2.